The van der Waals surface area contributed by atoms with Gasteiger partial charge in [0.05, 0.1) is 0 Å². The molecule has 16 heavy (non-hydrogen) atoms. The second-order valence-corrected chi connectivity index (χ2v) is 4.99. The van der Waals surface area contributed by atoms with Crippen molar-refractivity contribution in [1.29, 1.82) is 10.8 Å². The zero-order valence-electron chi connectivity index (χ0n) is 8.60. The third-order valence-corrected chi connectivity index (χ3v) is 3.93. The summed E-state index contributed by atoms with van der Waals surface area (Å²) in [5.74, 6) is 0.295. The van der Waals surface area contributed by atoms with Crippen LogP contribution in [0.2, 0.25) is 0 Å². The van der Waals surface area contributed by atoms with Crippen molar-refractivity contribution in [3.63, 3.8) is 0 Å². The number of hydrogen-bond donors (Lipinski definition) is 2. The molecular formula is C10H10N4S2. The van der Waals surface area contributed by atoms with Crippen LogP contribution < -0.4 is 5.62 Å². The predicted molar refractivity (Wildman–Crippen MR) is 66.4 cm³/mol. The largest absolute Gasteiger partial charge is 0.283 e. The molecule has 0 unspecified atom stereocenters. The summed E-state index contributed by atoms with van der Waals surface area (Å²) in [5, 5.41) is 15.7. The molecule has 0 atom stereocenters. The molecule has 4 nitrogen and oxygen atoms in total. The van der Waals surface area contributed by atoms with E-state index in [9.17, 15) is 0 Å². The van der Waals surface area contributed by atoms with E-state index in [-0.39, 0.29) is 5.62 Å². The molecule has 0 bridgehead atoms. The van der Waals surface area contributed by atoms with Gasteiger partial charge in [0.2, 0.25) is 5.62 Å². The summed E-state index contributed by atoms with van der Waals surface area (Å²) in [6.07, 6.45) is 1.91. The SMILES string of the molecule is CSc1nc(=N)n(C(=N)c2ccccc2)s1. The number of thioether (sulfide) groups is 1. The van der Waals surface area contributed by atoms with Gasteiger partial charge in [-0.2, -0.15) is 4.98 Å². The molecule has 2 N–H and O–H groups in total. The van der Waals surface area contributed by atoms with Gasteiger partial charge in [0, 0.05) is 5.56 Å². The third-order valence-electron chi connectivity index (χ3n) is 1.98. The van der Waals surface area contributed by atoms with Gasteiger partial charge in [0.25, 0.3) is 0 Å². The van der Waals surface area contributed by atoms with Gasteiger partial charge in [-0.1, -0.05) is 42.1 Å². The van der Waals surface area contributed by atoms with Crippen LogP contribution >= 0.6 is 23.3 Å². The van der Waals surface area contributed by atoms with Gasteiger partial charge in [-0.05, 0) is 17.8 Å². The molecule has 2 rings (SSSR count). The van der Waals surface area contributed by atoms with Gasteiger partial charge in [0.1, 0.15) is 5.84 Å². The minimum Gasteiger partial charge on any atom is -0.283 e. The average molecular weight is 250 g/mol. The van der Waals surface area contributed by atoms with Crippen LogP contribution in [0.25, 0.3) is 0 Å². The molecule has 0 spiro atoms. The Hall–Kier alpha value is -1.40. The summed E-state index contributed by atoms with van der Waals surface area (Å²) in [7, 11) is 0. The van der Waals surface area contributed by atoms with Gasteiger partial charge < -0.3 is 0 Å². The third kappa shape index (κ3) is 2.07. The van der Waals surface area contributed by atoms with E-state index >= 15 is 0 Å². The zero-order chi connectivity index (χ0) is 11.5. The molecule has 0 aliphatic heterocycles. The number of nitrogens with one attached hydrogen (secondary N) is 2. The van der Waals surface area contributed by atoms with E-state index in [1.54, 1.807) is 0 Å². The quantitative estimate of drug-likeness (QED) is 0.486. The van der Waals surface area contributed by atoms with E-state index in [4.69, 9.17) is 10.8 Å². The van der Waals surface area contributed by atoms with E-state index in [0.29, 0.717) is 5.84 Å². The Morgan fingerprint density at radius 2 is 2.06 bits per heavy atom. The molecule has 6 heteroatoms. The zero-order valence-corrected chi connectivity index (χ0v) is 10.2. The Balaban J connectivity index is 2.42. The predicted octanol–water partition coefficient (Wildman–Crippen LogP) is 2.02. The normalized spacial score (nSPS) is 10.3. The Morgan fingerprint density at radius 3 is 2.62 bits per heavy atom. The lowest BCUT2D eigenvalue weighted by Crippen LogP contribution is -2.23. The van der Waals surface area contributed by atoms with Crippen LogP contribution in [0.4, 0.5) is 0 Å². The first kappa shape index (κ1) is 11.1. The van der Waals surface area contributed by atoms with Crippen LogP contribution in [0.3, 0.4) is 0 Å². The number of nitrogens with zero attached hydrogens (tertiary/aromatic N) is 2. The fourth-order valence-corrected chi connectivity index (χ4v) is 2.53. The average Bonchev–Trinajstić information content (AvgIpc) is 2.71. The van der Waals surface area contributed by atoms with Crippen LogP contribution in [-0.4, -0.2) is 21.0 Å². The van der Waals surface area contributed by atoms with Gasteiger partial charge in [0.15, 0.2) is 4.34 Å². The lowest BCUT2D eigenvalue weighted by molar-refractivity contribution is 0.952. The molecule has 82 valence electrons. The van der Waals surface area contributed by atoms with Crippen LogP contribution in [0.5, 0.6) is 0 Å². The minimum absolute atomic E-state index is 0.114. The Kier molecular flexibility index (Phi) is 3.21. The van der Waals surface area contributed by atoms with Crippen molar-refractivity contribution >= 4 is 29.1 Å². The highest BCUT2D eigenvalue weighted by Gasteiger charge is 2.08. The van der Waals surface area contributed by atoms with Crippen LogP contribution in [-0.2, 0) is 0 Å². The van der Waals surface area contributed by atoms with Crippen molar-refractivity contribution in [3.05, 3.63) is 41.5 Å². The number of rotatable bonds is 2. The van der Waals surface area contributed by atoms with Gasteiger partial charge >= 0.3 is 0 Å². The van der Waals surface area contributed by atoms with Crippen LogP contribution in [0.1, 0.15) is 5.56 Å². The molecule has 1 aromatic carbocycles. The molecule has 0 aliphatic carbocycles. The van der Waals surface area contributed by atoms with Crippen molar-refractivity contribution < 1.29 is 0 Å². The van der Waals surface area contributed by atoms with Crippen molar-refractivity contribution in [1.82, 2.24) is 8.94 Å². The Labute approximate surface area is 101 Å². The van der Waals surface area contributed by atoms with Crippen molar-refractivity contribution in [3.8, 4) is 0 Å². The Morgan fingerprint density at radius 1 is 1.38 bits per heavy atom. The highest BCUT2D eigenvalue weighted by atomic mass is 32.2. The molecular weight excluding hydrogens is 240 g/mol. The molecule has 0 saturated heterocycles. The van der Waals surface area contributed by atoms with E-state index in [1.807, 2.05) is 36.6 Å². The number of hydrogen-bond acceptors (Lipinski definition) is 5. The van der Waals surface area contributed by atoms with Crippen LogP contribution in [0.15, 0.2) is 34.7 Å². The topological polar surface area (TPSA) is 65.5 Å². The minimum atomic E-state index is 0.114. The first-order valence-electron chi connectivity index (χ1n) is 4.55. The van der Waals surface area contributed by atoms with E-state index in [1.165, 1.54) is 27.3 Å². The molecule has 0 fully saturated rings. The standard InChI is InChI=1S/C10H10N4S2/c1-15-10-13-9(12)14(16-10)8(11)7-5-3-2-4-6-7/h2-6,11-12H,1H3. The summed E-state index contributed by atoms with van der Waals surface area (Å²) >= 11 is 2.81. The summed E-state index contributed by atoms with van der Waals surface area (Å²) in [4.78, 5) is 4.05. The lowest BCUT2D eigenvalue weighted by Gasteiger charge is -2.02. The van der Waals surface area contributed by atoms with Gasteiger partial charge in [-0.15, -0.1) is 0 Å². The summed E-state index contributed by atoms with van der Waals surface area (Å²) in [6, 6.07) is 9.37. The molecule has 1 aromatic heterocycles. The maximum atomic E-state index is 8.00. The smallest absolute Gasteiger partial charge is 0.239 e. The highest BCUT2D eigenvalue weighted by molar-refractivity contribution is 8.00. The maximum absolute atomic E-state index is 8.00. The summed E-state index contributed by atoms with van der Waals surface area (Å²) in [5.41, 5.74) is 0.903. The highest BCUT2D eigenvalue weighted by Crippen LogP contribution is 2.15. The maximum Gasteiger partial charge on any atom is 0.239 e. The summed E-state index contributed by atoms with van der Waals surface area (Å²) in [6.45, 7) is 0. The summed E-state index contributed by atoms with van der Waals surface area (Å²) < 4.78 is 2.31. The lowest BCUT2D eigenvalue weighted by atomic mass is 10.2. The number of aromatic nitrogens is 2. The van der Waals surface area contributed by atoms with Gasteiger partial charge in [-0.25, -0.2) is 3.96 Å². The van der Waals surface area contributed by atoms with Crippen molar-refractivity contribution in [2.24, 2.45) is 0 Å². The number of benzene rings is 1. The Bertz CT molecular complexity index is 556. The fraction of sp³-hybridized carbons (Fsp3) is 0.100. The first-order chi connectivity index (χ1) is 7.72. The van der Waals surface area contributed by atoms with E-state index < -0.39 is 0 Å². The first-order valence-corrected chi connectivity index (χ1v) is 6.55. The van der Waals surface area contributed by atoms with Crippen LogP contribution in [0, 0.1) is 10.8 Å². The monoisotopic (exact) mass is 250 g/mol. The molecule has 1 heterocycles. The molecule has 0 amide bonds. The van der Waals surface area contributed by atoms with E-state index in [0.717, 1.165) is 9.90 Å². The molecule has 0 radical (unpaired) electrons. The second-order valence-electron chi connectivity index (χ2n) is 3.01. The second kappa shape index (κ2) is 4.63. The molecule has 2 aromatic rings. The van der Waals surface area contributed by atoms with E-state index in [2.05, 4.69) is 4.98 Å². The van der Waals surface area contributed by atoms with Gasteiger partial charge in [-0.3, -0.25) is 10.8 Å². The van der Waals surface area contributed by atoms with Crippen molar-refractivity contribution in [2.75, 3.05) is 6.26 Å². The molecule has 0 saturated carbocycles. The fourth-order valence-electron chi connectivity index (χ4n) is 1.22. The molecule has 0 aliphatic rings. The van der Waals surface area contributed by atoms with Crippen molar-refractivity contribution in [2.45, 2.75) is 4.34 Å².